The molecule has 32 heavy (non-hydrogen) atoms. The van der Waals surface area contributed by atoms with Gasteiger partial charge in [0.2, 0.25) is 10.0 Å². The number of hydrogen-bond donors (Lipinski definition) is 2. The van der Waals surface area contributed by atoms with Crippen molar-refractivity contribution in [2.24, 2.45) is 0 Å². The second kappa shape index (κ2) is 11.4. The van der Waals surface area contributed by atoms with Crippen molar-refractivity contribution in [1.29, 1.82) is 0 Å². The molecule has 0 fully saturated rings. The smallest absolute Gasteiger partial charge is 0.251 e. The van der Waals surface area contributed by atoms with Gasteiger partial charge >= 0.3 is 0 Å². The van der Waals surface area contributed by atoms with E-state index in [-0.39, 0.29) is 23.4 Å². The van der Waals surface area contributed by atoms with E-state index in [4.69, 9.17) is 0 Å². The van der Waals surface area contributed by atoms with Crippen molar-refractivity contribution in [2.45, 2.75) is 31.3 Å². The molecule has 1 heterocycles. The van der Waals surface area contributed by atoms with E-state index in [0.717, 1.165) is 23.5 Å². The normalized spacial score (nSPS) is 12.6. The fraction of sp³-hybridized carbons (Fsp3) is 0.292. The van der Waals surface area contributed by atoms with Crippen LogP contribution in [0.2, 0.25) is 0 Å². The van der Waals surface area contributed by atoms with Gasteiger partial charge in [0.15, 0.2) is 0 Å². The first-order valence-corrected chi connectivity index (χ1v) is 13.0. The minimum Gasteiger partial charge on any atom is -0.350 e. The third-order valence-electron chi connectivity index (χ3n) is 5.34. The zero-order chi connectivity index (χ0) is 23.0. The zero-order valence-corrected chi connectivity index (χ0v) is 20.0. The van der Waals surface area contributed by atoms with E-state index in [1.165, 1.54) is 23.5 Å². The number of sulfonamides is 1. The summed E-state index contributed by atoms with van der Waals surface area (Å²) in [5, 5.41) is 4.91. The predicted octanol–water partition coefficient (Wildman–Crippen LogP) is 4.04. The summed E-state index contributed by atoms with van der Waals surface area (Å²) in [6.45, 7) is 6.66. The second-order valence-corrected chi connectivity index (χ2v) is 10.1. The van der Waals surface area contributed by atoms with Crippen LogP contribution < -0.4 is 10.0 Å². The van der Waals surface area contributed by atoms with Crippen LogP contribution in [0.3, 0.4) is 0 Å². The number of nitrogens with zero attached hydrogens (tertiary/aromatic N) is 1. The van der Waals surface area contributed by atoms with Crippen molar-refractivity contribution in [3.05, 3.63) is 88.1 Å². The van der Waals surface area contributed by atoms with Crippen molar-refractivity contribution in [1.82, 2.24) is 14.9 Å². The minimum atomic E-state index is -3.64. The van der Waals surface area contributed by atoms with Gasteiger partial charge in [-0.05, 0) is 54.4 Å². The van der Waals surface area contributed by atoms with E-state index in [2.05, 4.69) is 40.9 Å². The summed E-state index contributed by atoms with van der Waals surface area (Å²) in [7, 11) is -3.64. The lowest BCUT2D eigenvalue weighted by Crippen LogP contribution is -2.38. The molecule has 0 aliphatic heterocycles. The Bertz CT molecular complexity index is 1080. The van der Waals surface area contributed by atoms with Gasteiger partial charge in [-0.15, -0.1) is 11.3 Å². The molecule has 0 radical (unpaired) electrons. The van der Waals surface area contributed by atoms with Gasteiger partial charge in [0.25, 0.3) is 5.91 Å². The van der Waals surface area contributed by atoms with Gasteiger partial charge < -0.3 is 5.32 Å². The molecule has 0 spiro atoms. The number of amides is 1. The first kappa shape index (κ1) is 24.1. The lowest BCUT2D eigenvalue weighted by atomic mass is 10.0. The molecule has 3 rings (SSSR count). The van der Waals surface area contributed by atoms with Gasteiger partial charge in [-0.1, -0.05) is 50.2 Å². The van der Waals surface area contributed by atoms with Crippen molar-refractivity contribution in [2.75, 3.05) is 19.6 Å². The second-order valence-electron chi connectivity index (χ2n) is 7.29. The standard InChI is InChI=1S/C24H29N3O3S2/c1-3-27(4-2)23(19-9-6-5-7-10-19)18-25-24(28)20-12-14-22(15-13-20)32(29,30)26-17-21-11-8-16-31-21/h5-16,23,26H,3-4,17-18H2,1-2H3,(H,25,28). The first-order chi connectivity index (χ1) is 15.4. The molecule has 0 saturated heterocycles. The van der Waals surface area contributed by atoms with Crippen LogP contribution in [0.1, 0.15) is 40.7 Å². The van der Waals surface area contributed by atoms with Crippen LogP contribution in [-0.2, 0) is 16.6 Å². The maximum atomic E-state index is 12.7. The van der Waals surface area contributed by atoms with Gasteiger partial charge in [0.05, 0.1) is 10.9 Å². The SMILES string of the molecule is CCN(CC)C(CNC(=O)c1ccc(S(=O)(=O)NCc2cccs2)cc1)c1ccccc1. The number of carbonyl (C=O) groups is 1. The lowest BCUT2D eigenvalue weighted by molar-refractivity contribution is 0.0935. The Morgan fingerprint density at radius 3 is 2.25 bits per heavy atom. The molecule has 1 amide bonds. The Hall–Kier alpha value is -2.52. The lowest BCUT2D eigenvalue weighted by Gasteiger charge is -2.30. The molecule has 0 saturated carbocycles. The molecule has 2 N–H and O–H groups in total. The summed E-state index contributed by atoms with van der Waals surface area (Å²) in [5.41, 5.74) is 1.57. The number of carbonyl (C=O) groups excluding carboxylic acids is 1. The Morgan fingerprint density at radius 2 is 1.66 bits per heavy atom. The molecular weight excluding hydrogens is 442 g/mol. The molecule has 0 aliphatic carbocycles. The average molecular weight is 472 g/mol. The highest BCUT2D eigenvalue weighted by Gasteiger charge is 2.20. The zero-order valence-electron chi connectivity index (χ0n) is 18.3. The fourth-order valence-corrected chi connectivity index (χ4v) is 5.28. The molecule has 1 atom stereocenters. The van der Waals surface area contributed by atoms with Gasteiger partial charge in [-0.25, -0.2) is 13.1 Å². The third kappa shape index (κ3) is 6.26. The summed E-state index contributed by atoms with van der Waals surface area (Å²) in [5.74, 6) is -0.228. The predicted molar refractivity (Wildman–Crippen MR) is 129 cm³/mol. The molecule has 3 aromatic rings. The summed E-state index contributed by atoms with van der Waals surface area (Å²) < 4.78 is 27.6. The highest BCUT2D eigenvalue weighted by molar-refractivity contribution is 7.89. The third-order valence-corrected chi connectivity index (χ3v) is 7.63. The Balaban J connectivity index is 1.64. The number of hydrogen-bond acceptors (Lipinski definition) is 5. The Morgan fingerprint density at radius 1 is 0.969 bits per heavy atom. The van der Waals surface area contributed by atoms with E-state index in [1.54, 1.807) is 12.1 Å². The van der Waals surface area contributed by atoms with Crippen LogP contribution >= 0.6 is 11.3 Å². The number of benzene rings is 2. The molecule has 0 aliphatic rings. The maximum absolute atomic E-state index is 12.7. The van der Waals surface area contributed by atoms with Gasteiger partial charge in [0.1, 0.15) is 0 Å². The first-order valence-electron chi connectivity index (χ1n) is 10.6. The van der Waals surface area contributed by atoms with Crippen LogP contribution in [-0.4, -0.2) is 38.9 Å². The number of rotatable bonds is 11. The van der Waals surface area contributed by atoms with Crippen LogP contribution in [0.4, 0.5) is 0 Å². The highest BCUT2D eigenvalue weighted by atomic mass is 32.2. The highest BCUT2D eigenvalue weighted by Crippen LogP contribution is 2.20. The van der Waals surface area contributed by atoms with E-state index in [0.29, 0.717) is 12.1 Å². The molecule has 8 heteroatoms. The van der Waals surface area contributed by atoms with Crippen LogP contribution in [0.5, 0.6) is 0 Å². The van der Waals surface area contributed by atoms with Gasteiger partial charge in [-0.3, -0.25) is 9.69 Å². The summed E-state index contributed by atoms with van der Waals surface area (Å²) in [6, 6.07) is 20.0. The quantitative estimate of drug-likeness (QED) is 0.442. The summed E-state index contributed by atoms with van der Waals surface area (Å²) in [4.78, 5) is 16.1. The topological polar surface area (TPSA) is 78.5 Å². The largest absolute Gasteiger partial charge is 0.350 e. The fourth-order valence-electron chi connectivity index (χ4n) is 3.54. The van der Waals surface area contributed by atoms with Crippen molar-refractivity contribution >= 4 is 27.3 Å². The summed E-state index contributed by atoms with van der Waals surface area (Å²) in [6.07, 6.45) is 0. The van der Waals surface area contributed by atoms with E-state index < -0.39 is 10.0 Å². The average Bonchev–Trinajstić information content (AvgIpc) is 3.35. The molecule has 6 nitrogen and oxygen atoms in total. The van der Waals surface area contributed by atoms with Crippen molar-refractivity contribution in [3.63, 3.8) is 0 Å². The number of nitrogens with one attached hydrogen (secondary N) is 2. The van der Waals surface area contributed by atoms with Crippen LogP contribution in [0.25, 0.3) is 0 Å². The molecule has 1 aromatic heterocycles. The molecule has 170 valence electrons. The van der Waals surface area contributed by atoms with Crippen LogP contribution in [0.15, 0.2) is 77.0 Å². The number of thiophene rings is 1. The van der Waals surface area contributed by atoms with Crippen molar-refractivity contribution < 1.29 is 13.2 Å². The van der Waals surface area contributed by atoms with E-state index >= 15 is 0 Å². The molecular formula is C24H29N3O3S2. The monoisotopic (exact) mass is 471 g/mol. The minimum absolute atomic E-state index is 0.0660. The number of likely N-dealkylation sites (N-methyl/N-ethyl adjacent to an activating group) is 1. The van der Waals surface area contributed by atoms with E-state index in [1.807, 2.05) is 35.7 Å². The van der Waals surface area contributed by atoms with E-state index in [9.17, 15) is 13.2 Å². The van der Waals surface area contributed by atoms with Crippen LogP contribution in [0, 0.1) is 0 Å². The Kier molecular flexibility index (Phi) is 8.58. The Labute approximate surface area is 194 Å². The molecule has 1 unspecified atom stereocenters. The van der Waals surface area contributed by atoms with Gasteiger partial charge in [0, 0.05) is 23.5 Å². The summed E-state index contributed by atoms with van der Waals surface area (Å²) >= 11 is 1.49. The van der Waals surface area contributed by atoms with Crippen molar-refractivity contribution in [3.8, 4) is 0 Å². The molecule has 0 bridgehead atoms. The maximum Gasteiger partial charge on any atom is 0.251 e. The van der Waals surface area contributed by atoms with Gasteiger partial charge in [-0.2, -0.15) is 0 Å². The molecule has 2 aromatic carbocycles.